The van der Waals surface area contributed by atoms with Crippen molar-refractivity contribution >= 4 is 16.3 Å². The average Bonchev–Trinajstić information content (AvgIpc) is 3.23. The Kier molecular flexibility index (Phi) is 4.93. The van der Waals surface area contributed by atoms with Crippen molar-refractivity contribution in [3.05, 3.63) is 46.6 Å². The molecule has 1 saturated heterocycles. The summed E-state index contributed by atoms with van der Waals surface area (Å²) in [7, 11) is 0. The molecule has 1 atom stereocenters. The zero-order valence-corrected chi connectivity index (χ0v) is 16.2. The summed E-state index contributed by atoms with van der Waals surface area (Å²) in [6.07, 6.45) is 0.776. The molecule has 138 valence electrons. The van der Waals surface area contributed by atoms with Crippen LogP contribution in [0.2, 0.25) is 0 Å². The van der Waals surface area contributed by atoms with Gasteiger partial charge in [-0.3, -0.25) is 0 Å². The summed E-state index contributed by atoms with van der Waals surface area (Å²) < 4.78 is 1.61. The lowest BCUT2D eigenvalue weighted by Gasteiger charge is -2.34. The summed E-state index contributed by atoms with van der Waals surface area (Å²) in [6.45, 7) is 10.0. The fraction of sp³-hybridized carbons (Fsp3) is 0.474. The number of hydrogen-bond donors (Lipinski definition) is 3. The van der Waals surface area contributed by atoms with Gasteiger partial charge in [-0.1, -0.05) is 48.6 Å². The number of aromatic nitrogens is 3. The highest BCUT2D eigenvalue weighted by molar-refractivity contribution is 7.17. The number of hydrogen-bond acceptors (Lipinski definition) is 4. The summed E-state index contributed by atoms with van der Waals surface area (Å²) in [5, 5.41) is 15.4. The van der Waals surface area contributed by atoms with E-state index in [9.17, 15) is 5.11 Å². The van der Waals surface area contributed by atoms with Crippen LogP contribution in [0.3, 0.4) is 0 Å². The molecule has 0 aliphatic carbocycles. The van der Waals surface area contributed by atoms with Crippen molar-refractivity contribution in [3.8, 4) is 5.88 Å². The summed E-state index contributed by atoms with van der Waals surface area (Å²) >= 11 is 1.57. The number of nitrogens with one attached hydrogen (secondary N) is 2. The number of likely N-dealkylation sites (N-methyl/N-ethyl adjacent to an activating group) is 1. The topological polar surface area (TPSA) is 59.3 Å². The molecule has 1 aromatic carbocycles. The molecule has 1 fully saturated rings. The van der Waals surface area contributed by atoms with Gasteiger partial charge in [0.05, 0.1) is 6.54 Å². The normalized spacial score (nSPS) is 21.9. The van der Waals surface area contributed by atoms with Crippen LogP contribution in [-0.4, -0.2) is 52.4 Å². The fourth-order valence-corrected chi connectivity index (χ4v) is 5.07. The second-order valence-corrected chi connectivity index (χ2v) is 7.98. The summed E-state index contributed by atoms with van der Waals surface area (Å²) in [6, 6.07) is 10.7. The van der Waals surface area contributed by atoms with E-state index in [1.807, 2.05) is 13.0 Å². The predicted octanol–water partition coefficient (Wildman–Crippen LogP) is -0.0485. The van der Waals surface area contributed by atoms with E-state index in [1.54, 1.807) is 20.8 Å². The van der Waals surface area contributed by atoms with Crippen molar-refractivity contribution in [1.29, 1.82) is 0 Å². The Labute approximate surface area is 157 Å². The molecule has 0 radical (unpaired) electrons. The van der Waals surface area contributed by atoms with Crippen LogP contribution in [0, 0.1) is 0 Å². The van der Waals surface area contributed by atoms with Crippen molar-refractivity contribution in [2.45, 2.75) is 26.3 Å². The van der Waals surface area contributed by atoms with Crippen LogP contribution in [0.4, 0.5) is 0 Å². The maximum atomic E-state index is 10.9. The van der Waals surface area contributed by atoms with E-state index in [1.165, 1.54) is 30.1 Å². The molecule has 0 amide bonds. The van der Waals surface area contributed by atoms with Gasteiger partial charge in [0.25, 0.3) is 0 Å². The number of aryl methyl sites for hydroxylation is 1. The number of rotatable bonds is 5. The maximum Gasteiger partial charge on any atom is 0.235 e. The number of quaternary nitrogens is 2. The highest BCUT2D eigenvalue weighted by Crippen LogP contribution is 2.34. The molecule has 0 bridgehead atoms. The standard InChI is InChI=1S/C19H25N5OS/c1-3-15-20-19-24(21-15)18(25)17(26-19)16(14-8-6-5-7-9-14)23-12-10-22(4-2)11-13-23/h5-9,16,25H,3-4,10-13H2,1-2H3/p+2/t16-/m1/s1. The Hall–Kier alpha value is -1.96. The van der Waals surface area contributed by atoms with Gasteiger partial charge in [-0.2, -0.15) is 4.52 Å². The van der Waals surface area contributed by atoms with Crippen LogP contribution in [-0.2, 0) is 6.42 Å². The van der Waals surface area contributed by atoms with E-state index < -0.39 is 0 Å². The zero-order valence-electron chi connectivity index (χ0n) is 15.4. The third kappa shape index (κ3) is 3.11. The highest BCUT2D eigenvalue weighted by Gasteiger charge is 2.35. The van der Waals surface area contributed by atoms with E-state index in [4.69, 9.17) is 0 Å². The van der Waals surface area contributed by atoms with Crippen molar-refractivity contribution < 1.29 is 14.9 Å². The van der Waals surface area contributed by atoms with Crippen molar-refractivity contribution in [1.82, 2.24) is 14.6 Å². The van der Waals surface area contributed by atoms with E-state index >= 15 is 0 Å². The Morgan fingerprint density at radius 2 is 1.88 bits per heavy atom. The van der Waals surface area contributed by atoms with Crippen LogP contribution in [0.5, 0.6) is 5.88 Å². The molecule has 2 aromatic heterocycles. The van der Waals surface area contributed by atoms with Crippen molar-refractivity contribution in [2.75, 3.05) is 32.7 Å². The Morgan fingerprint density at radius 3 is 2.50 bits per heavy atom. The lowest BCUT2D eigenvalue weighted by molar-refractivity contribution is -1.02. The summed E-state index contributed by atoms with van der Waals surface area (Å²) in [5.41, 5.74) is 1.25. The quantitative estimate of drug-likeness (QED) is 0.588. The minimum atomic E-state index is 0.133. The molecular weight excluding hydrogens is 346 g/mol. The molecule has 26 heavy (non-hydrogen) atoms. The predicted molar refractivity (Wildman–Crippen MR) is 102 cm³/mol. The Bertz CT molecular complexity index is 867. The van der Waals surface area contributed by atoms with Gasteiger partial charge in [0.2, 0.25) is 10.8 Å². The SMILES string of the molecule is CCc1nc2sc([C@@H](c3ccccc3)[NH+]3CC[NH+](CC)CC3)c(O)n2n1. The first-order chi connectivity index (χ1) is 12.7. The van der Waals surface area contributed by atoms with Crippen LogP contribution in [0.25, 0.3) is 4.96 Å². The first kappa shape index (κ1) is 17.5. The molecule has 0 spiro atoms. The van der Waals surface area contributed by atoms with Gasteiger partial charge in [0.1, 0.15) is 31.1 Å². The maximum absolute atomic E-state index is 10.9. The van der Waals surface area contributed by atoms with Crippen LogP contribution in [0.1, 0.15) is 36.2 Å². The average molecular weight is 374 g/mol. The third-order valence-electron chi connectivity index (χ3n) is 5.46. The molecule has 0 unspecified atom stereocenters. The molecule has 1 aliphatic heterocycles. The van der Waals surface area contributed by atoms with Gasteiger partial charge in [-0.15, -0.1) is 5.10 Å². The van der Waals surface area contributed by atoms with Crippen molar-refractivity contribution in [2.24, 2.45) is 0 Å². The number of nitrogens with zero attached hydrogens (tertiary/aromatic N) is 3. The zero-order chi connectivity index (χ0) is 18.1. The highest BCUT2D eigenvalue weighted by atomic mass is 32.1. The van der Waals surface area contributed by atoms with Crippen molar-refractivity contribution in [3.63, 3.8) is 0 Å². The lowest BCUT2D eigenvalue weighted by atomic mass is 10.0. The largest absolute Gasteiger partial charge is 0.492 e. The van der Waals surface area contributed by atoms with E-state index in [2.05, 4.69) is 41.3 Å². The van der Waals surface area contributed by atoms with Crippen LogP contribution >= 0.6 is 11.3 Å². The Morgan fingerprint density at radius 1 is 1.15 bits per heavy atom. The van der Waals surface area contributed by atoms with Gasteiger partial charge in [0, 0.05) is 12.0 Å². The fourth-order valence-electron chi connectivity index (χ4n) is 3.91. The molecule has 3 aromatic rings. The molecule has 1 aliphatic rings. The number of piperazine rings is 1. The van der Waals surface area contributed by atoms with Gasteiger partial charge in [-0.05, 0) is 6.92 Å². The monoisotopic (exact) mass is 373 g/mol. The Balaban J connectivity index is 1.74. The summed E-state index contributed by atoms with van der Waals surface area (Å²) in [4.78, 5) is 9.50. The van der Waals surface area contributed by atoms with Gasteiger partial charge in [-0.25, -0.2) is 4.98 Å². The van der Waals surface area contributed by atoms with E-state index in [0.29, 0.717) is 0 Å². The molecule has 3 N–H and O–H groups in total. The van der Waals surface area contributed by atoms with Gasteiger partial charge < -0.3 is 14.9 Å². The number of fused-ring (bicyclic) bond motifs is 1. The van der Waals surface area contributed by atoms with Gasteiger partial charge in [0.15, 0.2) is 11.9 Å². The van der Waals surface area contributed by atoms with Gasteiger partial charge >= 0.3 is 0 Å². The summed E-state index contributed by atoms with van der Waals surface area (Å²) in [5.74, 6) is 1.03. The number of benzene rings is 1. The molecule has 4 rings (SSSR count). The minimum Gasteiger partial charge on any atom is -0.492 e. The smallest absolute Gasteiger partial charge is 0.235 e. The minimum absolute atomic E-state index is 0.133. The van der Waals surface area contributed by atoms with Crippen LogP contribution < -0.4 is 9.80 Å². The molecule has 7 heteroatoms. The van der Waals surface area contributed by atoms with E-state index in [0.717, 1.165) is 35.2 Å². The molecule has 3 heterocycles. The van der Waals surface area contributed by atoms with Crippen LogP contribution in [0.15, 0.2) is 30.3 Å². The molecule has 6 nitrogen and oxygen atoms in total. The molecule has 0 saturated carbocycles. The molecular formula is C19H27N5OS+2. The second-order valence-electron chi connectivity index (χ2n) is 6.97. The third-order valence-corrected chi connectivity index (χ3v) is 6.55. The lowest BCUT2D eigenvalue weighted by Crippen LogP contribution is -3.28. The number of aromatic hydroxyl groups is 1. The second kappa shape index (κ2) is 7.34. The number of thiazole rings is 1. The van der Waals surface area contributed by atoms with E-state index in [-0.39, 0.29) is 11.9 Å². The first-order valence-electron chi connectivity index (χ1n) is 9.51. The first-order valence-corrected chi connectivity index (χ1v) is 10.3.